The molecule has 1 aromatic carbocycles. The maximum Gasteiger partial charge on any atom is 0.0178 e. The lowest BCUT2D eigenvalue weighted by atomic mass is 10.2. The fourth-order valence-corrected chi connectivity index (χ4v) is 0.614. The van der Waals surface area contributed by atoms with E-state index in [1.165, 1.54) is 5.56 Å². The number of rotatable bonds is 1. The Hall–Kier alpha value is 0.340. The normalized spacial score (nSPS) is 6.08. The lowest BCUT2D eigenvalue weighted by molar-refractivity contribution is 1.07. The number of nitrogens with two attached hydrogens (primary N) is 1. The number of benzene rings is 1. The van der Waals surface area contributed by atoms with Crippen molar-refractivity contribution >= 4 is 49.6 Å². The molecule has 0 unspecified atom stereocenters. The molecule has 0 aliphatic carbocycles. The van der Waals surface area contributed by atoms with Crippen molar-refractivity contribution in [2.75, 3.05) is 0 Å². The topological polar surface area (TPSA) is 26.0 Å². The van der Waals surface area contributed by atoms with Gasteiger partial charge in [-0.1, -0.05) is 30.3 Å². The maximum absolute atomic E-state index is 5.35. The van der Waals surface area contributed by atoms with Gasteiger partial charge in [0.25, 0.3) is 0 Å². The van der Waals surface area contributed by atoms with Gasteiger partial charge >= 0.3 is 0 Å². The average molecular weight is 253 g/mol. The third kappa shape index (κ3) is 8.44. The minimum absolute atomic E-state index is 0. The van der Waals surface area contributed by atoms with Gasteiger partial charge in [0.2, 0.25) is 0 Å². The van der Waals surface area contributed by atoms with E-state index in [0.717, 1.165) is 0 Å². The number of hydrogen-bond donors (Lipinski definition) is 1. The van der Waals surface area contributed by atoms with Gasteiger partial charge in [0, 0.05) is 6.54 Å². The van der Waals surface area contributed by atoms with E-state index in [-0.39, 0.29) is 49.6 Å². The molecule has 1 aromatic rings. The first-order chi connectivity index (χ1) is 3.93. The van der Waals surface area contributed by atoms with Crippen LogP contribution in [0.15, 0.2) is 30.3 Å². The Morgan fingerprint density at radius 1 is 0.833 bits per heavy atom. The summed E-state index contributed by atoms with van der Waals surface area (Å²) in [6.45, 7) is 0.640. The highest BCUT2D eigenvalue weighted by Gasteiger charge is 1.80. The Labute approximate surface area is 97.7 Å². The first kappa shape index (κ1) is 22.8. The summed E-state index contributed by atoms with van der Waals surface area (Å²) < 4.78 is 0. The van der Waals surface area contributed by atoms with E-state index >= 15 is 0 Å². The van der Waals surface area contributed by atoms with E-state index in [1.807, 2.05) is 30.3 Å². The molecule has 0 radical (unpaired) electrons. The van der Waals surface area contributed by atoms with Gasteiger partial charge in [-0.25, -0.2) is 0 Å². The molecule has 0 atom stereocenters. The highest BCUT2D eigenvalue weighted by Crippen LogP contribution is 1.94. The largest absolute Gasteiger partial charge is 0.326 e. The van der Waals surface area contributed by atoms with Crippen LogP contribution >= 0.6 is 49.6 Å². The van der Waals surface area contributed by atoms with Crippen molar-refractivity contribution in [3.05, 3.63) is 35.9 Å². The summed E-state index contributed by atoms with van der Waals surface area (Å²) in [4.78, 5) is 0. The summed E-state index contributed by atoms with van der Waals surface area (Å²) in [6, 6.07) is 9.99. The standard InChI is InChI=1S/C7H9N.4ClH/c8-6-7-4-2-1-3-5-7;;;;/h1-5H,6,8H2;4*1H. The van der Waals surface area contributed by atoms with E-state index in [9.17, 15) is 0 Å². The third-order valence-electron chi connectivity index (χ3n) is 1.08. The SMILES string of the molecule is Cl.Cl.Cl.Cl.NCc1ccccc1. The zero-order valence-electron chi connectivity index (χ0n) is 6.30. The molecule has 0 saturated carbocycles. The minimum atomic E-state index is 0. The first-order valence-electron chi connectivity index (χ1n) is 2.67. The molecule has 1 rings (SSSR count). The van der Waals surface area contributed by atoms with Crippen molar-refractivity contribution in [1.29, 1.82) is 0 Å². The molecule has 0 aromatic heterocycles. The Morgan fingerprint density at radius 2 is 1.25 bits per heavy atom. The van der Waals surface area contributed by atoms with Crippen LogP contribution in [0.1, 0.15) is 5.56 Å². The number of halogens is 4. The smallest absolute Gasteiger partial charge is 0.0178 e. The molecule has 0 aliphatic rings. The summed E-state index contributed by atoms with van der Waals surface area (Å²) in [5, 5.41) is 0. The van der Waals surface area contributed by atoms with Crippen LogP contribution < -0.4 is 5.73 Å². The minimum Gasteiger partial charge on any atom is -0.326 e. The van der Waals surface area contributed by atoms with Crippen LogP contribution in [0.3, 0.4) is 0 Å². The van der Waals surface area contributed by atoms with Crippen molar-refractivity contribution in [2.24, 2.45) is 5.73 Å². The molecule has 0 spiro atoms. The molecule has 2 N–H and O–H groups in total. The van der Waals surface area contributed by atoms with Gasteiger partial charge in [-0.15, -0.1) is 49.6 Å². The lowest BCUT2D eigenvalue weighted by Gasteiger charge is -1.90. The van der Waals surface area contributed by atoms with E-state index in [0.29, 0.717) is 6.54 Å². The van der Waals surface area contributed by atoms with E-state index in [4.69, 9.17) is 5.73 Å². The molecule has 5 heteroatoms. The first-order valence-corrected chi connectivity index (χ1v) is 2.67. The van der Waals surface area contributed by atoms with Gasteiger partial charge in [0.05, 0.1) is 0 Å². The Bertz CT molecular complexity index is 157. The second kappa shape index (κ2) is 13.9. The van der Waals surface area contributed by atoms with Crippen LogP contribution in [0.5, 0.6) is 0 Å². The highest BCUT2D eigenvalue weighted by molar-refractivity contribution is 5.86. The highest BCUT2D eigenvalue weighted by atomic mass is 35.5. The van der Waals surface area contributed by atoms with Crippen LogP contribution in [-0.4, -0.2) is 0 Å². The van der Waals surface area contributed by atoms with Crippen molar-refractivity contribution in [2.45, 2.75) is 6.54 Å². The summed E-state index contributed by atoms with van der Waals surface area (Å²) >= 11 is 0. The average Bonchev–Trinajstić information content (AvgIpc) is 1.90. The second-order valence-corrected chi connectivity index (χ2v) is 1.69. The zero-order chi connectivity index (χ0) is 5.82. The summed E-state index contributed by atoms with van der Waals surface area (Å²) in [6.07, 6.45) is 0. The molecule has 12 heavy (non-hydrogen) atoms. The monoisotopic (exact) mass is 251 g/mol. The van der Waals surface area contributed by atoms with Crippen LogP contribution in [-0.2, 0) is 6.54 Å². The lowest BCUT2D eigenvalue weighted by Crippen LogP contribution is -1.94. The predicted octanol–water partition coefficient (Wildman–Crippen LogP) is 2.83. The van der Waals surface area contributed by atoms with Crippen LogP contribution in [0.2, 0.25) is 0 Å². The zero-order valence-corrected chi connectivity index (χ0v) is 9.57. The second-order valence-electron chi connectivity index (χ2n) is 1.69. The van der Waals surface area contributed by atoms with Crippen molar-refractivity contribution < 1.29 is 0 Å². The van der Waals surface area contributed by atoms with Gasteiger partial charge in [0.1, 0.15) is 0 Å². The van der Waals surface area contributed by atoms with Crippen LogP contribution in [0.4, 0.5) is 0 Å². The van der Waals surface area contributed by atoms with Crippen LogP contribution in [0, 0.1) is 0 Å². The van der Waals surface area contributed by atoms with Crippen molar-refractivity contribution in [1.82, 2.24) is 0 Å². The van der Waals surface area contributed by atoms with E-state index in [2.05, 4.69) is 0 Å². The summed E-state index contributed by atoms with van der Waals surface area (Å²) in [7, 11) is 0. The Balaban J connectivity index is -0.0000000800. The van der Waals surface area contributed by atoms with Gasteiger partial charge < -0.3 is 5.73 Å². The van der Waals surface area contributed by atoms with E-state index in [1.54, 1.807) is 0 Å². The molecule has 0 fully saturated rings. The molecular formula is C7H13Cl4N. The fraction of sp³-hybridized carbons (Fsp3) is 0.143. The third-order valence-corrected chi connectivity index (χ3v) is 1.08. The Morgan fingerprint density at radius 3 is 1.50 bits per heavy atom. The summed E-state index contributed by atoms with van der Waals surface area (Å²) in [5.74, 6) is 0. The van der Waals surface area contributed by atoms with Crippen LogP contribution in [0.25, 0.3) is 0 Å². The molecule has 1 nitrogen and oxygen atoms in total. The quantitative estimate of drug-likeness (QED) is 0.818. The molecule has 0 saturated heterocycles. The predicted molar refractivity (Wildman–Crippen MR) is 63.3 cm³/mol. The molecule has 0 aliphatic heterocycles. The van der Waals surface area contributed by atoms with Gasteiger partial charge in [-0.3, -0.25) is 0 Å². The van der Waals surface area contributed by atoms with E-state index < -0.39 is 0 Å². The molecule has 0 bridgehead atoms. The van der Waals surface area contributed by atoms with Gasteiger partial charge in [-0.05, 0) is 5.56 Å². The maximum atomic E-state index is 5.35. The molecule has 0 heterocycles. The number of hydrogen-bond acceptors (Lipinski definition) is 1. The summed E-state index contributed by atoms with van der Waals surface area (Å²) in [5.41, 5.74) is 6.54. The van der Waals surface area contributed by atoms with Gasteiger partial charge in [-0.2, -0.15) is 0 Å². The van der Waals surface area contributed by atoms with Crippen molar-refractivity contribution in [3.63, 3.8) is 0 Å². The van der Waals surface area contributed by atoms with Gasteiger partial charge in [0.15, 0.2) is 0 Å². The molecular weight excluding hydrogens is 240 g/mol. The van der Waals surface area contributed by atoms with Crippen molar-refractivity contribution in [3.8, 4) is 0 Å². The molecule has 74 valence electrons. The fourth-order valence-electron chi connectivity index (χ4n) is 0.614. The molecule has 0 amide bonds. The Kier molecular flexibility index (Phi) is 26.4.